The molecule has 0 radical (unpaired) electrons. The molecule has 1 aliphatic heterocycles. The number of amides is 1. The third-order valence-electron chi connectivity index (χ3n) is 6.23. The second-order valence-electron chi connectivity index (χ2n) is 9.17. The summed E-state index contributed by atoms with van der Waals surface area (Å²) in [6, 6.07) is 22.6. The van der Waals surface area contributed by atoms with Gasteiger partial charge in [-0.1, -0.05) is 42.5 Å². The molecule has 0 aliphatic carbocycles. The largest absolute Gasteiger partial charge is 0.503 e. The van der Waals surface area contributed by atoms with Gasteiger partial charge < -0.3 is 23.9 Å². The van der Waals surface area contributed by atoms with Crippen LogP contribution >= 0.6 is 0 Å². The molecule has 1 amide bonds. The molecule has 7 heteroatoms. The molecular weight excluding hydrogens is 470 g/mol. The molecule has 37 heavy (non-hydrogen) atoms. The van der Waals surface area contributed by atoms with Gasteiger partial charge in [-0.3, -0.25) is 9.59 Å². The van der Waals surface area contributed by atoms with Crippen LogP contribution in [0.5, 0.6) is 11.5 Å². The molecule has 7 nitrogen and oxygen atoms in total. The highest BCUT2D eigenvalue weighted by atomic mass is 16.5. The minimum Gasteiger partial charge on any atom is -0.503 e. The van der Waals surface area contributed by atoms with Crippen LogP contribution in [-0.2, 0) is 11.3 Å². The highest BCUT2D eigenvalue weighted by molar-refractivity contribution is 6.16. The first-order valence-corrected chi connectivity index (χ1v) is 12.0. The molecule has 0 saturated carbocycles. The van der Waals surface area contributed by atoms with Crippen molar-refractivity contribution in [2.24, 2.45) is 0 Å². The van der Waals surface area contributed by atoms with E-state index < -0.39 is 23.5 Å². The standard InChI is InChI=1S/C30H27NO6/c1-18(2)36-23-12-7-10-21(15-23)27-26(28(32)25-16-20-9-4-5-13-24(20)37-25)29(33)30(34)31(27)17-19-8-6-11-22(14-19)35-3/h4-16,18,27,33H,17H2,1-3H3. The molecule has 1 aromatic heterocycles. The maximum absolute atomic E-state index is 13.8. The number of aliphatic hydroxyl groups excluding tert-OH is 1. The predicted octanol–water partition coefficient (Wildman–Crippen LogP) is 6.01. The van der Waals surface area contributed by atoms with Gasteiger partial charge in [0.05, 0.1) is 24.8 Å². The van der Waals surface area contributed by atoms with Crippen molar-refractivity contribution in [3.05, 3.63) is 107 Å². The number of furan rings is 1. The van der Waals surface area contributed by atoms with Crippen molar-refractivity contribution in [1.82, 2.24) is 4.90 Å². The summed E-state index contributed by atoms with van der Waals surface area (Å²) in [6.45, 7) is 3.99. The first kappa shape index (κ1) is 24.2. The van der Waals surface area contributed by atoms with Gasteiger partial charge in [-0.05, 0) is 61.4 Å². The Labute approximate surface area is 214 Å². The third-order valence-corrected chi connectivity index (χ3v) is 6.23. The number of rotatable bonds is 8. The molecule has 188 valence electrons. The summed E-state index contributed by atoms with van der Waals surface area (Å²) < 4.78 is 17.0. The normalized spacial score (nSPS) is 15.6. The number of ether oxygens (including phenoxy) is 2. The first-order chi connectivity index (χ1) is 17.9. The van der Waals surface area contributed by atoms with Gasteiger partial charge in [0, 0.05) is 11.9 Å². The van der Waals surface area contributed by atoms with Crippen LogP contribution in [0.2, 0.25) is 0 Å². The number of hydrogen-bond acceptors (Lipinski definition) is 6. The van der Waals surface area contributed by atoms with Gasteiger partial charge in [-0.25, -0.2) is 0 Å². The van der Waals surface area contributed by atoms with Crippen molar-refractivity contribution in [1.29, 1.82) is 0 Å². The molecule has 3 aromatic carbocycles. The summed E-state index contributed by atoms with van der Waals surface area (Å²) in [7, 11) is 1.57. The van der Waals surface area contributed by atoms with E-state index in [1.165, 1.54) is 4.90 Å². The number of para-hydroxylation sites is 1. The van der Waals surface area contributed by atoms with Crippen LogP contribution in [0.3, 0.4) is 0 Å². The summed E-state index contributed by atoms with van der Waals surface area (Å²) in [5, 5.41) is 11.8. The molecule has 0 bridgehead atoms. The Morgan fingerprint density at radius 2 is 1.76 bits per heavy atom. The second-order valence-corrected chi connectivity index (χ2v) is 9.17. The number of ketones is 1. The molecular formula is C30H27NO6. The Morgan fingerprint density at radius 1 is 1.00 bits per heavy atom. The van der Waals surface area contributed by atoms with Crippen LogP contribution in [0.15, 0.2) is 94.6 Å². The van der Waals surface area contributed by atoms with Gasteiger partial charge in [0.15, 0.2) is 11.5 Å². The van der Waals surface area contributed by atoms with Crippen molar-refractivity contribution >= 4 is 22.7 Å². The average molecular weight is 498 g/mol. The minimum absolute atomic E-state index is 0.0337. The average Bonchev–Trinajstić information content (AvgIpc) is 3.43. The molecule has 4 aromatic rings. The molecule has 0 spiro atoms. The van der Waals surface area contributed by atoms with Gasteiger partial charge in [0.25, 0.3) is 5.91 Å². The number of hydrogen-bond donors (Lipinski definition) is 1. The lowest BCUT2D eigenvalue weighted by atomic mass is 9.94. The number of methoxy groups -OCH3 is 1. The van der Waals surface area contributed by atoms with Gasteiger partial charge in [-0.2, -0.15) is 0 Å². The van der Waals surface area contributed by atoms with E-state index in [-0.39, 0.29) is 24.0 Å². The zero-order valence-electron chi connectivity index (χ0n) is 20.8. The van der Waals surface area contributed by atoms with E-state index in [0.717, 1.165) is 10.9 Å². The van der Waals surface area contributed by atoms with Gasteiger partial charge in [0.2, 0.25) is 5.78 Å². The number of Topliss-reactive ketones (excluding diaryl/α,β-unsaturated/α-hetero) is 1. The molecule has 1 atom stereocenters. The lowest BCUT2D eigenvalue weighted by Crippen LogP contribution is -2.30. The Kier molecular flexibility index (Phi) is 6.44. The van der Waals surface area contributed by atoms with Gasteiger partial charge in [-0.15, -0.1) is 0 Å². The molecule has 1 N–H and O–H groups in total. The molecule has 5 rings (SSSR count). The van der Waals surface area contributed by atoms with Crippen LogP contribution in [-0.4, -0.2) is 34.9 Å². The summed E-state index contributed by atoms with van der Waals surface area (Å²) in [6.07, 6.45) is -0.0612. The Hall–Kier alpha value is -4.52. The number of nitrogens with zero attached hydrogens (tertiary/aromatic N) is 1. The minimum atomic E-state index is -0.852. The predicted molar refractivity (Wildman–Crippen MR) is 139 cm³/mol. The number of fused-ring (bicyclic) bond motifs is 1. The highest BCUT2D eigenvalue weighted by Gasteiger charge is 2.44. The van der Waals surface area contributed by atoms with E-state index >= 15 is 0 Å². The maximum atomic E-state index is 13.8. The third kappa shape index (κ3) is 4.68. The van der Waals surface area contributed by atoms with Crippen molar-refractivity contribution < 1.29 is 28.6 Å². The molecule has 1 unspecified atom stereocenters. The number of aliphatic hydroxyl groups is 1. The fraction of sp³-hybridized carbons (Fsp3) is 0.200. The van der Waals surface area contributed by atoms with Crippen molar-refractivity contribution in [2.75, 3.05) is 7.11 Å². The van der Waals surface area contributed by atoms with E-state index in [9.17, 15) is 14.7 Å². The molecule has 0 fully saturated rings. The zero-order chi connectivity index (χ0) is 26.1. The number of carbonyl (C=O) groups is 2. The Morgan fingerprint density at radius 3 is 2.51 bits per heavy atom. The Bertz CT molecular complexity index is 1480. The Balaban J connectivity index is 1.60. The lowest BCUT2D eigenvalue weighted by molar-refractivity contribution is -0.130. The smallest absolute Gasteiger partial charge is 0.290 e. The number of benzene rings is 3. The van der Waals surface area contributed by atoms with Gasteiger partial charge >= 0.3 is 0 Å². The van der Waals surface area contributed by atoms with E-state index in [1.54, 1.807) is 31.4 Å². The SMILES string of the molecule is COc1cccc(CN2C(=O)C(O)=C(C(=O)c3cc4ccccc4o3)C2c2cccc(OC(C)C)c2)c1. The lowest BCUT2D eigenvalue weighted by Gasteiger charge is -2.27. The quantitative estimate of drug-likeness (QED) is 0.300. The second kappa shape index (κ2) is 9.85. The van der Waals surface area contributed by atoms with Crippen molar-refractivity contribution in [3.8, 4) is 11.5 Å². The van der Waals surface area contributed by atoms with Crippen LogP contribution in [0.25, 0.3) is 11.0 Å². The van der Waals surface area contributed by atoms with E-state index in [1.807, 2.05) is 68.4 Å². The van der Waals surface area contributed by atoms with Crippen LogP contribution in [0.4, 0.5) is 0 Å². The van der Waals surface area contributed by atoms with Crippen LogP contribution in [0, 0.1) is 0 Å². The summed E-state index contributed by atoms with van der Waals surface area (Å²) in [4.78, 5) is 28.7. The summed E-state index contributed by atoms with van der Waals surface area (Å²) >= 11 is 0. The number of carbonyl (C=O) groups excluding carboxylic acids is 2. The monoisotopic (exact) mass is 497 g/mol. The topological polar surface area (TPSA) is 89.2 Å². The fourth-order valence-corrected chi connectivity index (χ4v) is 4.62. The molecule has 0 saturated heterocycles. The molecule has 1 aliphatic rings. The zero-order valence-corrected chi connectivity index (χ0v) is 20.8. The van der Waals surface area contributed by atoms with Crippen LogP contribution in [0.1, 0.15) is 41.6 Å². The van der Waals surface area contributed by atoms with Crippen molar-refractivity contribution in [2.45, 2.75) is 32.5 Å². The molecule has 2 heterocycles. The van der Waals surface area contributed by atoms with Crippen molar-refractivity contribution in [3.63, 3.8) is 0 Å². The van der Waals surface area contributed by atoms with E-state index in [4.69, 9.17) is 13.9 Å². The summed E-state index contributed by atoms with van der Waals surface area (Å²) in [5.74, 6) is -0.475. The first-order valence-electron chi connectivity index (χ1n) is 12.0. The highest BCUT2D eigenvalue weighted by Crippen LogP contribution is 2.41. The van der Waals surface area contributed by atoms with E-state index in [2.05, 4.69) is 0 Å². The summed E-state index contributed by atoms with van der Waals surface area (Å²) in [5.41, 5.74) is 1.94. The fourth-order valence-electron chi connectivity index (χ4n) is 4.62. The van der Waals surface area contributed by atoms with E-state index in [0.29, 0.717) is 22.6 Å². The van der Waals surface area contributed by atoms with Crippen LogP contribution < -0.4 is 9.47 Å². The van der Waals surface area contributed by atoms with Gasteiger partial charge in [0.1, 0.15) is 17.1 Å². The maximum Gasteiger partial charge on any atom is 0.290 e.